The predicted molar refractivity (Wildman–Crippen MR) is 63.6 cm³/mol. The summed E-state index contributed by atoms with van der Waals surface area (Å²) in [7, 11) is 4.03. The lowest BCUT2D eigenvalue weighted by Crippen LogP contribution is -2.18. The van der Waals surface area contributed by atoms with Crippen molar-refractivity contribution in [2.75, 3.05) is 26.8 Å². The number of rotatable bonds is 4. The molecule has 0 radical (unpaired) electrons. The number of aryl methyl sites for hydroxylation is 1. The summed E-state index contributed by atoms with van der Waals surface area (Å²) in [5.74, 6) is 0.648. The fourth-order valence-electron chi connectivity index (χ4n) is 2.38. The zero-order chi connectivity index (χ0) is 11.4. The largest absolute Gasteiger partial charge is 0.381 e. The van der Waals surface area contributed by atoms with Crippen molar-refractivity contribution in [1.29, 1.82) is 0 Å². The summed E-state index contributed by atoms with van der Waals surface area (Å²) in [6.07, 6.45) is 5.37. The molecule has 0 unspecified atom stereocenters. The van der Waals surface area contributed by atoms with Gasteiger partial charge in [0, 0.05) is 38.9 Å². The van der Waals surface area contributed by atoms with Crippen molar-refractivity contribution in [3.8, 4) is 0 Å². The molecular weight excluding hydrogens is 202 g/mol. The Morgan fingerprint density at radius 1 is 1.50 bits per heavy atom. The van der Waals surface area contributed by atoms with Crippen LogP contribution in [0.1, 0.15) is 30.0 Å². The molecule has 2 rings (SSSR count). The Kier molecular flexibility index (Phi) is 3.96. The monoisotopic (exact) mass is 223 g/mol. The summed E-state index contributed by atoms with van der Waals surface area (Å²) in [6, 6.07) is 0. The summed E-state index contributed by atoms with van der Waals surface area (Å²) in [5, 5.41) is 7.59. The molecule has 2 heterocycles. The fourth-order valence-corrected chi connectivity index (χ4v) is 2.38. The van der Waals surface area contributed by atoms with E-state index in [1.54, 1.807) is 0 Å². The number of nitrogens with one attached hydrogen (secondary N) is 1. The van der Waals surface area contributed by atoms with Crippen LogP contribution in [0.4, 0.5) is 0 Å². The third-order valence-electron chi connectivity index (χ3n) is 3.37. The molecule has 90 valence electrons. The Morgan fingerprint density at radius 2 is 2.25 bits per heavy atom. The van der Waals surface area contributed by atoms with Gasteiger partial charge in [0.25, 0.3) is 0 Å². The van der Waals surface area contributed by atoms with Crippen molar-refractivity contribution in [3.05, 3.63) is 17.5 Å². The highest BCUT2D eigenvalue weighted by atomic mass is 16.5. The second-order valence-electron chi connectivity index (χ2n) is 4.41. The molecule has 4 heteroatoms. The summed E-state index contributed by atoms with van der Waals surface area (Å²) >= 11 is 0. The molecule has 1 aromatic heterocycles. The minimum absolute atomic E-state index is 0.648. The molecule has 0 aliphatic carbocycles. The van der Waals surface area contributed by atoms with Crippen LogP contribution in [0.3, 0.4) is 0 Å². The van der Waals surface area contributed by atoms with Crippen LogP contribution in [0.5, 0.6) is 0 Å². The van der Waals surface area contributed by atoms with E-state index < -0.39 is 0 Å². The van der Waals surface area contributed by atoms with Crippen LogP contribution in [0.25, 0.3) is 0 Å². The van der Waals surface area contributed by atoms with Gasteiger partial charge in [-0.05, 0) is 31.4 Å². The number of likely N-dealkylation sites (N-methyl/N-ethyl adjacent to an activating group) is 1. The first kappa shape index (κ1) is 11.6. The van der Waals surface area contributed by atoms with Gasteiger partial charge in [-0.2, -0.15) is 5.10 Å². The Bertz CT molecular complexity index is 329. The van der Waals surface area contributed by atoms with Crippen molar-refractivity contribution in [3.63, 3.8) is 0 Å². The summed E-state index contributed by atoms with van der Waals surface area (Å²) < 4.78 is 7.43. The lowest BCUT2D eigenvalue weighted by atomic mass is 9.91. The maximum atomic E-state index is 5.41. The SMILES string of the molecule is CNCCc1c(C2CCOCC2)cnn1C. The van der Waals surface area contributed by atoms with E-state index in [-0.39, 0.29) is 0 Å². The Hall–Kier alpha value is -0.870. The summed E-state index contributed by atoms with van der Waals surface area (Å²) in [4.78, 5) is 0. The molecule has 4 nitrogen and oxygen atoms in total. The summed E-state index contributed by atoms with van der Waals surface area (Å²) in [5.41, 5.74) is 2.81. The highest BCUT2D eigenvalue weighted by Crippen LogP contribution is 2.29. The molecular formula is C12H21N3O. The van der Waals surface area contributed by atoms with E-state index in [0.717, 1.165) is 39.0 Å². The first-order valence-electron chi connectivity index (χ1n) is 6.06. The highest BCUT2D eigenvalue weighted by molar-refractivity contribution is 5.23. The first-order valence-corrected chi connectivity index (χ1v) is 6.06. The Labute approximate surface area is 97.0 Å². The predicted octanol–water partition coefficient (Wildman–Crippen LogP) is 1.08. The molecule has 0 aromatic carbocycles. The van der Waals surface area contributed by atoms with Gasteiger partial charge < -0.3 is 10.1 Å². The van der Waals surface area contributed by atoms with Gasteiger partial charge in [0.05, 0.1) is 6.20 Å². The average molecular weight is 223 g/mol. The maximum absolute atomic E-state index is 5.41. The van der Waals surface area contributed by atoms with Crippen molar-refractivity contribution in [1.82, 2.24) is 15.1 Å². The highest BCUT2D eigenvalue weighted by Gasteiger charge is 2.21. The van der Waals surface area contributed by atoms with E-state index in [2.05, 4.69) is 10.4 Å². The van der Waals surface area contributed by atoms with E-state index in [4.69, 9.17) is 4.74 Å². The van der Waals surface area contributed by atoms with Crippen LogP contribution in [0, 0.1) is 0 Å². The van der Waals surface area contributed by atoms with Crippen molar-refractivity contribution < 1.29 is 4.74 Å². The second kappa shape index (κ2) is 5.46. The quantitative estimate of drug-likeness (QED) is 0.830. The second-order valence-corrected chi connectivity index (χ2v) is 4.41. The van der Waals surface area contributed by atoms with E-state index in [1.165, 1.54) is 11.3 Å². The van der Waals surface area contributed by atoms with Crippen LogP contribution in [0.15, 0.2) is 6.20 Å². The first-order chi connectivity index (χ1) is 7.83. The van der Waals surface area contributed by atoms with Gasteiger partial charge in [-0.25, -0.2) is 0 Å². The zero-order valence-corrected chi connectivity index (χ0v) is 10.2. The van der Waals surface area contributed by atoms with Crippen LogP contribution < -0.4 is 5.32 Å². The Balaban J connectivity index is 2.12. The number of hydrogen-bond donors (Lipinski definition) is 1. The molecule has 0 spiro atoms. The molecule has 1 aliphatic rings. The third-order valence-corrected chi connectivity index (χ3v) is 3.37. The molecule has 1 saturated heterocycles. The van der Waals surface area contributed by atoms with Gasteiger partial charge in [-0.3, -0.25) is 4.68 Å². The average Bonchev–Trinajstić information content (AvgIpc) is 2.69. The number of hydrogen-bond acceptors (Lipinski definition) is 3. The molecule has 1 aromatic rings. The van der Waals surface area contributed by atoms with E-state index >= 15 is 0 Å². The van der Waals surface area contributed by atoms with E-state index in [9.17, 15) is 0 Å². The smallest absolute Gasteiger partial charge is 0.0527 e. The van der Waals surface area contributed by atoms with Gasteiger partial charge >= 0.3 is 0 Å². The van der Waals surface area contributed by atoms with Gasteiger partial charge in [-0.1, -0.05) is 0 Å². The Morgan fingerprint density at radius 3 is 2.94 bits per heavy atom. The van der Waals surface area contributed by atoms with Crippen LogP contribution in [-0.2, 0) is 18.2 Å². The molecule has 0 atom stereocenters. The zero-order valence-electron chi connectivity index (χ0n) is 10.2. The molecule has 0 saturated carbocycles. The van der Waals surface area contributed by atoms with Crippen LogP contribution in [0.2, 0.25) is 0 Å². The number of ether oxygens (including phenoxy) is 1. The number of nitrogens with zero attached hydrogens (tertiary/aromatic N) is 2. The van der Waals surface area contributed by atoms with Crippen LogP contribution in [-0.4, -0.2) is 36.6 Å². The van der Waals surface area contributed by atoms with E-state index in [1.807, 2.05) is 25.0 Å². The van der Waals surface area contributed by atoms with Gasteiger partial charge in [0.2, 0.25) is 0 Å². The topological polar surface area (TPSA) is 39.1 Å². The normalized spacial score (nSPS) is 17.9. The van der Waals surface area contributed by atoms with E-state index in [0.29, 0.717) is 5.92 Å². The van der Waals surface area contributed by atoms with Gasteiger partial charge in [-0.15, -0.1) is 0 Å². The molecule has 1 aliphatic heterocycles. The molecule has 16 heavy (non-hydrogen) atoms. The standard InChI is InChI=1S/C12H21N3O/c1-13-6-3-12-11(9-14-15(12)2)10-4-7-16-8-5-10/h9-10,13H,3-8H2,1-2H3. The van der Waals surface area contributed by atoms with Gasteiger partial charge in [0.15, 0.2) is 0 Å². The molecule has 0 amide bonds. The molecule has 1 N–H and O–H groups in total. The minimum Gasteiger partial charge on any atom is -0.381 e. The minimum atomic E-state index is 0.648. The number of aromatic nitrogens is 2. The maximum Gasteiger partial charge on any atom is 0.0527 e. The molecule has 0 bridgehead atoms. The van der Waals surface area contributed by atoms with Crippen molar-refractivity contribution in [2.24, 2.45) is 7.05 Å². The van der Waals surface area contributed by atoms with Crippen molar-refractivity contribution >= 4 is 0 Å². The van der Waals surface area contributed by atoms with Gasteiger partial charge in [0.1, 0.15) is 0 Å². The fraction of sp³-hybridized carbons (Fsp3) is 0.750. The summed E-state index contributed by atoms with van der Waals surface area (Å²) in [6.45, 7) is 2.80. The third kappa shape index (κ3) is 2.44. The van der Waals surface area contributed by atoms with Crippen LogP contribution >= 0.6 is 0 Å². The lowest BCUT2D eigenvalue weighted by Gasteiger charge is -2.22. The lowest BCUT2D eigenvalue weighted by molar-refractivity contribution is 0.0851. The molecule has 1 fully saturated rings. The van der Waals surface area contributed by atoms with Crippen molar-refractivity contribution in [2.45, 2.75) is 25.2 Å².